The molecule has 5 heteroatoms. The lowest BCUT2D eigenvalue weighted by molar-refractivity contribution is -0.122. The van der Waals surface area contributed by atoms with E-state index in [0.717, 1.165) is 31.2 Å². The fraction of sp³-hybridized carbons (Fsp3) is 0.529. The van der Waals surface area contributed by atoms with E-state index < -0.39 is 18.7 Å². The molecule has 2 N–H and O–H groups in total. The van der Waals surface area contributed by atoms with E-state index >= 15 is 0 Å². The Hall–Kier alpha value is -1.88. The second-order valence-electron chi connectivity index (χ2n) is 5.22. The summed E-state index contributed by atoms with van der Waals surface area (Å²) in [4.78, 5) is 23.6. The maximum Gasteiger partial charge on any atom is 0.408 e. The van der Waals surface area contributed by atoms with Crippen LogP contribution in [0.2, 0.25) is 0 Å². The van der Waals surface area contributed by atoms with Gasteiger partial charge in [0.25, 0.3) is 0 Å². The number of Topliss-reactive ketones (excluding diaryl/α,β-unsaturated/α-hetero) is 1. The smallest absolute Gasteiger partial charge is 0.408 e. The Bertz CT molecular complexity index is 447. The molecule has 1 aromatic rings. The molecular weight excluding hydrogens is 282 g/mol. The van der Waals surface area contributed by atoms with Gasteiger partial charge in [-0.2, -0.15) is 0 Å². The number of hydrogen-bond acceptors (Lipinski definition) is 4. The van der Waals surface area contributed by atoms with Crippen molar-refractivity contribution in [3.63, 3.8) is 0 Å². The van der Waals surface area contributed by atoms with Crippen LogP contribution in [0, 0.1) is 0 Å². The van der Waals surface area contributed by atoms with Crippen molar-refractivity contribution in [2.24, 2.45) is 0 Å². The summed E-state index contributed by atoms with van der Waals surface area (Å²) in [6.45, 7) is 1.82. The van der Waals surface area contributed by atoms with Gasteiger partial charge < -0.3 is 15.2 Å². The van der Waals surface area contributed by atoms with Gasteiger partial charge in [-0.25, -0.2) is 4.79 Å². The molecule has 0 saturated heterocycles. The van der Waals surface area contributed by atoms with Gasteiger partial charge in [0.1, 0.15) is 12.6 Å². The zero-order valence-corrected chi connectivity index (χ0v) is 13.1. The minimum atomic E-state index is -0.884. The molecule has 0 aromatic heterocycles. The van der Waals surface area contributed by atoms with E-state index in [1.807, 2.05) is 30.3 Å². The molecule has 1 aromatic carbocycles. The highest BCUT2D eigenvalue weighted by Gasteiger charge is 2.19. The first-order valence-corrected chi connectivity index (χ1v) is 7.78. The number of benzene rings is 1. The van der Waals surface area contributed by atoms with Gasteiger partial charge in [0, 0.05) is 6.42 Å². The average molecular weight is 307 g/mol. The van der Waals surface area contributed by atoms with Crippen LogP contribution in [0.3, 0.4) is 0 Å². The van der Waals surface area contributed by atoms with Crippen molar-refractivity contribution in [1.82, 2.24) is 5.32 Å². The first kappa shape index (κ1) is 18.2. The summed E-state index contributed by atoms with van der Waals surface area (Å²) in [5, 5.41) is 11.7. The summed E-state index contributed by atoms with van der Waals surface area (Å²) in [6, 6.07) is 8.39. The Kier molecular flexibility index (Phi) is 8.91. The topological polar surface area (TPSA) is 75.6 Å². The molecule has 0 aliphatic heterocycles. The Labute approximate surface area is 131 Å². The van der Waals surface area contributed by atoms with Crippen LogP contribution in [0.15, 0.2) is 30.3 Å². The lowest BCUT2D eigenvalue weighted by Gasteiger charge is -2.15. The number of alkyl carbamates (subject to hydrolysis) is 1. The maximum absolute atomic E-state index is 11.9. The van der Waals surface area contributed by atoms with Gasteiger partial charge in [-0.3, -0.25) is 4.79 Å². The van der Waals surface area contributed by atoms with Crippen LogP contribution in [-0.2, 0) is 16.1 Å². The summed E-state index contributed by atoms with van der Waals surface area (Å²) in [5.74, 6) is -0.157. The third-order valence-electron chi connectivity index (χ3n) is 3.35. The number of rotatable bonds is 10. The van der Waals surface area contributed by atoms with Gasteiger partial charge >= 0.3 is 6.09 Å². The number of nitrogens with one attached hydrogen (secondary N) is 1. The second kappa shape index (κ2) is 10.8. The number of carbonyl (C=O) groups is 2. The second-order valence-corrected chi connectivity index (χ2v) is 5.22. The zero-order valence-electron chi connectivity index (χ0n) is 13.1. The molecule has 22 heavy (non-hydrogen) atoms. The van der Waals surface area contributed by atoms with E-state index in [1.165, 1.54) is 0 Å². The number of ketones is 1. The van der Waals surface area contributed by atoms with Crippen molar-refractivity contribution in [3.05, 3.63) is 35.9 Å². The molecule has 5 nitrogen and oxygen atoms in total. The number of carbonyl (C=O) groups excluding carboxylic acids is 2. The van der Waals surface area contributed by atoms with E-state index in [9.17, 15) is 14.7 Å². The molecule has 0 fully saturated rings. The number of hydrogen-bond donors (Lipinski definition) is 2. The Morgan fingerprint density at radius 1 is 1.18 bits per heavy atom. The standard InChI is InChI=1S/C17H25NO4/c1-2-3-4-8-11-16(20)15(12-19)18-17(21)22-13-14-9-6-5-7-10-14/h5-7,9-10,15,19H,2-4,8,11-13H2,1H3,(H,18,21)/t15-/m1/s1. The van der Waals surface area contributed by atoms with E-state index in [4.69, 9.17) is 4.74 Å². The Morgan fingerprint density at radius 2 is 1.91 bits per heavy atom. The van der Waals surface area contributed by atoms with Crippen molar-refractivity contribution in [1.29, 1.82) is 0 Å². The number of aliphatic hydroxyl groups is 1. The van der Waals surface area contributed by atoms with Gasteiger partial charge in [-0.15, -0.1) is 0 Å². The van der Waals surface area contributed by atoms with Crippen LogP contribution in [0.5, 0.6) is 0 Å². The van der Waals surface area contributed by atoms with E-state index in [1.54, 1.807) is 0 Å². The number of amides is 1. The lowest BCUT2D eigenvalue weighted by atomic mass is 10.1. The highest BCUT2D eigenvalue weighted by molar-refractivity contribution is 5.87. The van der Waals surface area contributed by atoms with Crippen LogP contribution in [-0.4, -0.2) is 29.6 Å². The summed E-state index contributed by atoms with van der Waals surface area (Å²) in [6.07, 6.45) is 3.63. The third kappa shape index (κ3) is 7.22. The summed E-state index contributed by atoms with van der Waals surface area (Å²) in [7, 11) is 0. The molecule has 1 atom stereocenters. The van der Waals surface area contributed by atoms with Gasteiger partial charge in [0.15, 0.2) is 5.78 Å². The third-order valence-corrected chi connectivity index (χ3v) is 3.35. The van der Waals surface area contributed by atoms with E-state index in [2.05, 4.69) is 12.2 Å². The number of unbranched alkanes of at least 4 members (excludes halogenated alkanes) is 3. The Morgan fingerprint density at radius 3 is 2.55 bits per heavy atom. The normalized spacial score (nSPS) is 11.7. The predicted molar refractivity (Wildman–Crippen MR) is 84.4 cm³/mol. The average Bonchev–Trinajstić information content (AvgIpc) is 2.55. The van der Waals surface area contributed by atoms with Crippen molar-refractivity contribution in [2.75, 3.05) is 6.61 Å². The highest BCUT2D eigenvalue weighted by atomic mass is 16.5. The highest BCUT2D eigenvalue weighted by Crippen LogP contribution is 2.05. The first-order chi connectivity index (χ1) is 10.7. The molecule has 0 bridgehead atoms. The molecule has 0 aliphatic rings. The SMILES string of the molecule is CCCCCCC(=O)[C@@H](CO)NC(=O)OCc1ccccc1. The molecule has 122 valence electrons. The minimum Gasteiger partial charge on any atom is -0.445 e. The van der Waals surface area contributed by atoms with Crippen molar-refractivity contribution in [3.8, 4) is 0 Å². The van der Waals surface area contributed by atoms with Crippen LogP contribution >= 0.6 is 0 Å². The Balaban J connectivity index is 2.31. The van der Waals surface area contributed by atoms with Crippen LogP contribution in [0.4, 0.5) is 4.79 Å². The molecule has 0 radical (unpaired) electrons. The monoisotopic (exact) mass is 307 g/mol. The van der Waals surface area contributed by atoms with E-state index in [0.29, 0.717) is 6.42 Å². The summed E-state index contributed by atoms with van der Waals surface area (Å²) in [5.41, 5.74) is 0.865. The number of aliphatic hydroxyl groups excluding tert-OH is 1. The fourth-order valence-corrected chi connectivity index (χ4v) is 2.04. The lowest BCUT2D eigenvalue weighted by Crippen LogP contribution is -2.43. The van der Waals surface area contributed by atoms with Crippen molar-refractivity contribution in [2.45, 2.75) is 51.7 Å². The molecule has 0 saturated carbocycles. The molecule has 0 heterocycles. The molecule has 0 aliphatic carbocycles. The first-order valence-electron chi connectivity index (χ1n) is 7.78. The predicted octanol–water partition coefficient (Wildman–Crippen LogP) is 2.81. The molecule has 0 spiro atoms. The van der Waals surface area contributed by atoms with Gasteiger partial charge in [-0.05, 0) is 12.0 Å². The number of ether oxygens (including phenoxy) is 1. The van der Waals surface area contributed by atoms with Crippen molar-refractivity contribution < 1.29 is 19.4 Å². The van der Waals surface area contributed by atoms with Crippen LogP contribution in [0.1, 0.15) is 44.6 Å². The molecule has 0 unspecified atom stereocenters. The van der Waals surface area contributed by atoms with Crippen LogP contribution in [0.25, 0.3) is 0 Å². The summed E-state index contributed by atoms with van der Waals surface area (Å²) >= 11 is 0. The summed E-state index contributed by atoms with van der Waals surface area (Å²) < 4.78 is 5.04. The van der Waals surface area contributed by atoms with Crippen LogP contribution < -0.4 is 5.32 Å². The maximum atomic E-state index is 11.9. The van der Waals surface area contributed by atoms with Gasteiger partial charge in [0.05, 0.1) is 6.61 Å². The zero-order chi connectivity index (χ0) is 16.2. The quantitative estimate of drug-likeness (QED) is 0.652. The fourth-order valence-electron chi connectivity index (χ4n) is 2.04. The van der Waals surface area contributed by atoms with E-state index in [-0.39, 0.29) is 12.4 Å². The molecular formula is C17H25NO4. The largest absolute Gasteiger partial charge is 0.445 e. The van der Waals surface area contributed by atoms with Gasteiger partial charge in [-0.1, -0.05) is 56.5 Å². The molecule has 1 rings (SSSR count). The van der Waals surface area contributed by atoms with Crippen molar-refractivity contribution >= 4 is 11.9 Å². The minimum absolute atomic E-state index is 0.134. The molecule has 1 amide bonds. The van der Waals surface area contributed by atoms with Gasteiger partial charge in [0.2, 0.25) is 0 Å².